The third-order valence-electron chi connectivity index (χ3n) is 3.16. The fraction of sp³-hybridized carbons (Fsp3) is 0.214. The molecule has 0 radical (unpaired) electrons. The van der Waals surface area contributed by atoms with Crippen LogP contribution in [0.4, 0.5) is 5.69 Å². The van der Waals surface area contributed by atoms with Gasteiger partial charge >= 0.3 is 0 Å². The van der Waals surface area contributed by atoms with Crippen molar-refractivity contribution in [3.05, 3.63) is 54.0 Å². The van der Waals surface area contributed by atoms with Gasteiger partial charge in [0.1, 0.15) is 0 Å². The fourth-order valence-corrected chi connectivity index (χ4v) is 2.39. The third-order valence-corrected chi connectivity index (χ3v) is 3.16. The highest BCUT2D eigenvalue weighted by Gasteiger charge is 2.32. The smallest absolute Gasteiger partial charge is 0.294 e. The molecule has 1 aromatic heterocycles. The van der Waals surface area contributed by atoms with E-state index < -0.39 is 0 Å². The van der Waals surface area contributed by atoms with Gasteiger partial charge in [-0.25, -0.2) is 0 Å². The topological polar surface area (TPSA) is 33.5 Å². The monoisotopic (exact) mass is 227 g/mol. The molecule has 0 unspecified atom stereocenters. The van der Waals surface area contributed by atoms with E-state index in [0.29, 0.717) is 5.76 Å². The highest BCUT2D eigenvalue weighted by molar-refractivity contribution is 6.05. The minimum Gasteiger partial charge on any atom is -0.459 e. The van der Waals surface area contributed by atoms with Gasteiger partial charge in [-0.3, -0.25) is 4.79 Å². The van der Waals surface area contributed by atoms with Crippen LogP contribution in [0.3, 0.4) is 0 Å². The molecule has 1 aliphatic heterocycles. The zero-order chi connectivity index (χ0) is 11.8. The van der Waals surface area contributed by atoms with Gasteiger partial charge in [-0.1, -0.05) is 18.2 Å². The molecule has 17 heavy (non-hydrogen) atoms. The van der Waals surface area contributed by atoms with E-state index in [9.17, 15) is 4.79 Å². The molecule has 1 amide bonds. The number of benzene rings is 1. The predicted octanol–water partition coefficient (Wildman–Crippen LogP) is 2.87. The molecular formula is C14H13NO2. The minimum atomic E-state index is -0.0625. The van der Waals surface area contributed by atoms with E-state index in [-0.39, 0.29) is 11.9 Å². The second-order valence-corrected chi connectivity index (χ2v) is 4.33. The number of hydrogen-bond donors (Lipinski definition) is 0. The number of nitrogens with zero attached hydrogens (tertiary/aromatic N) is 1. The van der Waals surface area contributed by atoms with Crippen LogP contribution in [-0.2, 0) is 6.42 Å². The summed E-state index contributed by atoms with van der Waals surface area (Å²) in [5.74, 6) is 0.334. The van der Waals surface area contributed by atoms with Gasteiger partial charge < -0.3 is 9.32 Å². The van der Waals surface area contributed by atoms with Crippen molar-refractivity contribution in [2.45, 2.75) is 19.4 Å². The SMILES string of the molecule is C[C@@H]1Cc2ccccc2N1C(=O)c1ccco1. The molecule has 0 fully saturated rings. The first kappa shape index (κ1) is 10.1. The number of carbonyl (C=O) groups excluding carboxylic acids is 1. The van der Waals surface area contributed by atoms with Crippen LogP contribution in [0.2, 0.25) is 0 Å². The van der Waals surface area contributed by atoms with Crippen molar-refractivity contribution in [3.63, 3.8) is 0 Å². The molecule has 0 bridgehead atoms. The molecule has 2 heterocycles. The van der Waals surface area contributed by atoms with Crippen LogP contribution in [0.1, 0.15) is 23.0 Å². The van der Waals surface area contributed by atoms with Gasteiger partial charge in [0.2, 0.25) is 0 Å². The van der Waals surface area contributed by atoms with Gasteiger partial charge in [0.25, 0.3) is 5.91 Å². The first-order valence-electron chi connectivity index (χ1n) is 5.72. The summed E-state index contributed by atoms with van der Waals surface area (Å²) in [6.45, 7) is 2.06. The van der Waals surface area contributed by atoms with Crippen LogP contribution in [-0.4, -0.2) is 11.9 Å². The summed E-state index contributed by atoms with van der Waals surface area (Å²) in [6.07, 6.45) is 2.43. The molecule has 0 spiro atoms. The van der Waals surface area contributed by atoms with Crippen molar-refractivity contribution >= 4 is 11.6 Å². The average molecular weight is 227 g/mol. The molecule has 0 saturated heterocycles. The molecule has 1 atom stereocenters. The van der Waals surface area contributed by atoms with Crippen molar-refractivity contribution in [1.82, 2.24) is 0 Å². The first-order chi connectivity index (χ1) is 8.27. The van der Waals surface area contributed by atoms with E-state index >= 15 is 0 Å². The second kappa shape index (κ2) is 3.77. The number of carbonyl (C=O) groups is 1. The fourth-order valence-electron chi connectivity index (χ4n) is 2.39. The summed E-state index contributed by atoms with van der Waals surface area (Å²) in [6, 6.07) is 11.6. The Hall–Kier alpha value is -2.03. The van der Waals surface area contributed by atoms with Crippen LogP contribution in [0.25, 0.3) is 0 Å². The molecule has 3 rings (SSSR count). The summed E-state index contributed by atoms with van der Waals surface area (Å²) in [4.78, 5) is 14.1. The van der Waals surface area contributed by atoms with Gasteiger partial charge in [-0.05, 0) is 37.1 Å². The number of para-hydroxylation sites is 1. The number of amides is 1. The van der Waals surface area contributed by atoms with Crippen LogP contribution < -0.4 is 4.90 Å². The zero-order valence-corrected chi connectivity index (χ0v) is 9.59. The Kier molecular flexibility index (Phi) is 2.25. The van der Waals surface area contributed by atoms with E-state index in [2.05, 4.69) is 13.0 Å². The molecule has 2 aromatic rings. The highest BCUT2D eigenvalue weighted by Crippen LogP contribution is 2.32. The molecule has 0 aliphatic carbocycles. The second-order valence-electron chi connectivity index (χ2n) is 4.33. The Morgan fingerprint density at radius 3 is 2.88 bits per heavy atom. The lowest BCUT2D eigenvalue weighted by Crippen LogP contribution is -2.35. The van der Waals surface area contributed by atoms with Crippen LogP contribution in [0.5, 0.6) is 0 Å². The van der Waals surface area contributed by atoms with Crippen molar-refractivity contribution in [1.29, 1.82) is 0 Å². The lowest BCUT2D eigenvalue weighted by molar-refractivity contribution is 0.0954. The Labute approximate surface area is 99.7 Å². The first-order valence-corrected chi connectivity index (χ1v) is 5.72. The van der Waals surface area contributed by atoms with E-state index in [4.69, 9.17) is 4.42 Å². The number of hydrogen-bond acceptors (Lipinski definition) is 2. The lowest BCUT2D eigenvalue weighted by Gasteiger charge is -2.21. The van der Waals surface area contributed by atoms with E-state index in [1.165, 1.54) is 11.8 Å². The summed E-state index contributed by atoms with van der Waals surface area (Å²) in [5, 5.41) is 0. The van der Waals surface area contributed by atoms with Crippen molar-refractivity contribution in [2.75, 3.05) is 4.90 Å². The van der Waals surface area contributed by atoms with Crippen molar-refractivity contribution in [2.24, 2.45) is 0 Å². The van der Waals surface area contributed by atoms with Crippen LogP contribution in [0, 0.1) is 0 Å². The largest absolute Gasteiger partial charge is 0.459 e. The molecule has 0 N–H and O–H groups in total. The molecule has 3 nitrogen and oxygen atoms in total. The standard InChI is InChI=1S/C14H13NO2/c1-10-9-11-5-2-3-6-12(11)15(10)14(16)13-7-4-8-17-13/h2-8,10H,9H2,1H3/t10-/m1/s1. The Morgan fingerprint density at radius 1 is 1.29 bits per heavy atom. The van der Waals surface area contributed by atoms with Crippen molar-refractivity contribution < 1.29 is 9.21 Å². The molecule has 0 saturated carbocycles. The van der Waals surface area contributed by atoms with E-state index in [1.54, 1.807) is 12.1 Å². The summed E-state index contributed by atoms with van der Waals surface area (Å²) in [5.41, 5.74) is 2.22. The summed E-state index contributed by atoms with van der Waals surface area (Å²) >= 11 is 0. The molecule has 1 aromatic carbocycles. The minimum absolute atomic E-state index is 0.0625. The van der Waals surface area contributed by atoms with E-state index in [1.807, 2.05) is 23.1 Å². The average Bonchev–Trinajstić information content (AvgIpc) is 2.94. The van der Waals surface area contributed by atoms with Gasteiger partial charge in [-0.2, -0.15) is 0 Å². The van der Waals surface area contributed by atoms with Gasteiger partial charge in [-0.15, -0.1) is 0 Å². The van der Waals surface area contributed by atoms with Crippen molar-refractivity contribution in [3.8, 4) is 0 Å². The number of furan rings is 1. The van der Waals surface area contributed by atoms with Gasteiger partial charge in [0, 0.05) is 11.7 Å². The normalized spacial score (nSPS) is 18.2. The van der Waals surface area contributed by atoms with Gasteiger partial charge in [0.05, 0.1) is 6.26 Å². The highest BCUT2D eigenvalue weighted by atomic mass is 16.3. The Bertz CT molecular complexity index is 545. The summed E-state index contributed by atoms with van der Waals surface area (Å²) in [7, 11) is 0. The maximum absolute atomic E-state index is 12.3. The van der Waals surface area contributed by atoms with Crippen LogP contribution >= 0.6 is 0 Å². The molecule has 86 valence electrons. The van der Waals surface area contributed by atoms with Crippen LogP contribution in [0.15, 0.2) is 47.1 Å². The molecule has 3 heteroatoms. The number of fused-ring (bicyclic) bond motifs is 1. The molecule has 1 aliphatic rings. The Morgan fingerprint density at radius 2 is 2.12 bits per heavy atom. The maximum atomic E-state index is 12.3. The van der Waals surface area contributed by atoms with E-state index in [0.717, 1.165) is 12.1 Å². The zero-order valence-electron chi connectivity index (χ0n) is 9.59. The lowest BCUT2D eigenvalue weighted by atomic mass is 10.1. The number of anilines is 1. The summed E-state index contributed by atoms with van der Waals surface area (Å²) < 4.78 is 5.18. The Balaban J connectivity index is 2.01. The molecular weight excluding hydrogens is 214 g/mol. The van der Waals surface area contributed by atoms with Gasteiger partial charge in [0.15, 0.2) is 5.76 Å². The maximum Gasteiger partial charge on any atom is 0.294 e. The third kappa shape index (κ3) is 1.55. The quantitative estimate of drug-likeness (QED) is 0.750. The number of rotatable bonds is 1. The predicted molar refractivity (Wildman–Crippen MR) is 65.1 cm³/mol.